The SMILES string of the molecule is c1ccc(C2(c3ccccc3)c3ccccc3N(c3cccc(-n4c5ccccc5c5cc(-n6c7ccccc7c7ccccc76)ccc54)n3)c3cnccc32)cc1. The molecule has 7 aromatic carbocycles. The molecule has 5 heterocycles. The number of fused-ring (bicyclic) bond motifs is 8. The third-order valence-corrected chi connectivity index (χ3v) is 12.1. The standard InChI is InChI=1S/C53H35N5/c1-3-16-36(17-4-1)53(37-18-5-2-6-19-37)43-23-10-14-27-49(43)58(50-35-54-33-32-44(50)53)52-29-15-28-51(55-52)57-47-26-13-9-22-41(47)42-34-38(30-31-48(42)57)56-45-24-11-7-20-39(45)40-21-8-12-25-46(40)56/h1-35H. The molecule has 5 heteroatoms. The molecule has 4 aromatic heterocycles. The van der Waals surface area contributed by atoms with Gasteiger partial charge in [-0.3, -0.25) is 14.5 Å². The van der Waals surface area contributed by atoms with Crippen LogP contribution in [0.2, 0.25) is 0 Å². The van der Waals surface area contributed by atoms with E-state index in [1.165, 1.54) is 49.3 Å². The van der Waals surface area contributed by atoms with Gasteiger partial charge in [0.15, 0.2) is 0 Å². The van der Waals surface area contributed by atoms with Gasteiger partial charge in [0.1, 0.15) is 11.6 Å². The minimum atomic E-state index is -0.577. The van der Waals surface area contributed by atoms with Crippen LogP contribution in [0, 0.1) is 0 Å². The number of rotatable bonds is 5. The van der Waals surface area contributed by atoms with Gasteiger partial charge in [-0.1, -0.05) is 140 Å². The first-order valence-corrected chi connectivity index (χ1v) is 19.7. The van der Waals surface area contributed by atoms with E-state index in [4.69, 9.17) is 9.97 Å². The van der Waals surface area contributed by atoms with Gasteiger partial charge in [0.2, 0.25) is 0 Å². The lowest BCUT2D eigenvalue weighted by atomic mass is 9.63. The van der Waals surface area contributed by atoms with Crippen LogP contribution in [0.3, 0.4) is 0 Å². The fraction of sp³-hybridized carbons (Fsp3) is 0.0189. The van der Waals surface area contributed by atoms with Gasteiger partial charge in [-0.05, 0) is 82.9 Å². The second kappa shape index (κ2) is 12.6. The second-order valence-electron chi connectivity index (χ2n) is 15.0. The number of pyridine rings is 2. The number of nitrogens with zero attached hydrogens (tertiary/aromatic N) is 5. The molecule has 11 aromatic rings. The predicted molar refractivity (Wildman–Crippen MR) is 237 cm³/mol. The summed E-state index contributed by atoms with van der Waals surface area (Å²) >= 11 is 0. The van der Waals surface area contributed by atoms with Crippen molar-refractivity contribution in [3.63, 3.8) is 0 Å². The average Bonchev–Trinajstić information content (AvgIpc) is 3.81. The van der Waals surface area contributed by atoms with Crippen molar-refractivity contribution in [2.24, 2.45) is 0 Å². The quantitative estimate of drug-likeness (QED) is 0.176. The molecular formula is C53H35N5. The highest BCUT2D eigenvalue weighted by Gasteiger charge is 2.46. The molecule has 1 aliphatic rings. The summed E-state index contributed by atoms with van der Waals surface area (Å²) in [7, 11) is 0. The summed E-state index contributed by atoms with van der Waals surface area (Å²) in [6.45, 7) is 0. The highest BCUT2D eigenvalue weighted by Crippen LogP contribution is 2.57. The number of hydrogen-bond acceptors (Lipinski definition) is 3. The van der Waals surface area contributed by atoms with Gasteiger partial charge in [0.05, 0.1) is 45.1 Å². The molecule has 0 atom stereocenters. The van der Waals surface area contributed by atoms with Gasteiger partial charge < -0.3 is 4.57 Å². The zero-order chi connectivity index (χ0) is 38.2. The van der Waals surface area contributed by atoms with E-state index in [9.17, 15) is 0 Å². The molecule has 272 valence electrons. The zero-order valence-corrected chi connectivity index (χ0v) is 31.4. The van der Waals surface area contributed by atoms with E-state index in [1.54, 1.807) is 0 Å². The normalized spacial score (nSPS) is 13.3. The Balaban J connectivity index is 1.07. The Hall–Kier alpha value is -7.76. The molecule has 1 aliphatic heterocycles. The smallest absolute Gasteiger partial charge is 0.140 e. The fourth-order valence-electron chi connectivity index (χ4n) is 9.76. The Morgan fingerprint density at radius 1 is 0.379 bits per heavy atom. The van der Waals surface area contributed by atoms with E-state index >= 15 is 0 Å². The first-order valence-electron chi connectivity index (χ1n) is 19.7. The minimum Gasteiger partial charge on any atom is -0.309 e. The molecule has 0 N–H and O–H groups in total. The molecular weight excluding hydrogens is 707 g/mol. The number of aromatic nitrogens is 4. The topological polar surface area (TPSA) is 38.9 Å². The Kier molecular flexibility index (Phi) is 7.07. The van der Waals surface area contributed by atoms with E-state index in [1.807, 2.05) is 12.4 Å². The van der Waals surface area contributed by atoms with E-state index in [0.717, 1.165) is 45.3 Å². The van der Waals surface area contributed by atoms with Gasteiger partial charge in [0, 0.05) is 33.4 Å². The van der Waals surface area contributed by atoms with Crippen molar-refractivity contribution >= 4 is 60.8 Å². The predicted octanol–water partition coefficient (Wildman–Crippen LogP) is 12.8. The van der Waals surface area contributed by atoms with Gasteiger partial charge >= 0.3 is 0 Å². The van der Waals surface area contributed by atoms with Crippen LogP contribution in [-0.4, -0.2) is 19.1 Å². The maximum absolute atomic E-state index is 5.54. The molecule has 0 radical (unpaired) electrons. The molecule has 0 spiro atoms. The fourth-order valence-corrected chi connectivity index (χ4v) is 9.76. The lowest BCUT2D eigenvalue weighted by molar-refractivity contribution is 0.727. The van der Waals surface area contributed by atoms with Crippen LogP contribution >= 0.6 is 0 Å². The lowest BCUT2D eigenvalue weighted by Gasteiger charge is -2.45. The van der Waals surface area contributed by atoms with Crippen molar-refractivity contribution in [2.75, 3.05) is 4.90 Å². The molecule has 0 aliphatic carbocycles. The van der Waals surface area contributed by atoms with Gasteiger partial charge in [-0.2, -0.15) is 0 Å². The summed E-state index contributed by atoms with van der Waals surface area (Å²) in [6, 6.07) is 71.9. The monoisotopic (exact) mass is 741 g/mol. The Labute approximate surface area is 335 Å². The van der Waals surface area contributed by atoms with Crippen LogP contribution in [0.4, 0.5) is 17.2 Å². The Morgan fingerprint density at radius 3 is 1.60 bits per heavy atom. The highest BCUT2D eigenvalue weighted by molar-refractivity contribution is 6.12. The maximum atomic E-state index is 5.54. The summed E-state index contributed by atoms with van der Waals surface area (Å²) in [5.41, 5.74) is 12.0. The summed E-state index contributed by atoms with van der Waals surface area (Å²) < 4.78 is 4.70. The first kappa shape index (κ1) is 32.5. The molecule has 0 unspecified atom stereocenters. The van der Waals surface area contributed by atoms with E-state index in [0.29, 0.717) is 0 Å². The number of anilines is 3. The van der Waals surface area contributed by atoms with E-state index in [2.05, 4.69) is 214 Å². The molecule has 0 bridgehead atoms. The number of hydrogen-bond donors (Lipinski definition) is 0. The van der Waals surface area contributed by atoms with Crippen LogP contribution in [0.5, 0.6) is 0 Å². The molecule has 0 fully saturated rings. The minimum absolute atomic E-state index is 0.577. The second-order valence-corrected chi connectivity index (χ2v) is 15.0. The van der Waals surface area contributed by atoms with Crippen LogP contribution in [-0.2, 0) is 5.41 Å². The van der Waals surface area contributed by atoms with Crippen molar-refractivity contribution in [3.8, 4) is 11.5 Å². The molecule has 0 saturated carbocycles. The Bertz CT molecular complexity index is 3220. The van der Waals surface area contributed by atoms with Crippen molar-refractivity contribution < 1.29 is 0 Å². The largest absolute Gasteiger partial charge is 0.309 e. The summed E-state index contributed by atoms with van der Waals surface area (Å²) in [6.07, 6.45) is 3.91. The summed E-state index contributed by atoms with van der Waals surface area (Å²) in [5.74, 6) is 1.67. The molecule has 5 nitrogen and oxygen atoms in total. The van der Waals surface area contributed by atoms with E-state index in [-0.39, 0.29) is 0 Å². The van der Waals surface area contributed by atoms with Gasteiger partial charge in [-0.25, -0.2) is 4.98 Å². The summed E-state index contributed by atoms with van der Waals surface area (Å²) in [5, 5.41) is 4.86. The van der Waals surface area contributed by atoms with Gasteiger partial charge in [-0.15, -0.1) is 0 Å². The summed E-state index contributed by atoms with van der Waals surface area (Å²) in [4.78, 5) is 12.6. The molecule has 0 amide bonds. The van der Waals surface area contributed by atoms with Crippen molar-refractivity contribution in [3.05, 3.63) is 235 Å². The van der Waals surface area contributed by atoms with Crippen molar-refractivity contribution in [1.82, 2.24) is 19.1 Å². The third kappa shape index (κ3) is 4.53. The van der Waals surface area contributed by atoms with Crippen molar-refractivity contribution in [1.29, 1.82) is 0 Å². The van der Waals surface area contributed by atoms with Crippen LogP contribution < -0.4 is 4.90 Å². The Morgan fingerprint density at radius 2 is 0.914 bits per heavy atom. The van der Waals surface area contributed by atoms with Gasteiger partial charge in [0.25, 0.3) is 0 Å². The zero-order valence-electron chi connectivity index (χ0n) is 31.4. The molecule has 58 heavy (non-hydrogen) atoms. The lowest BCUT2D eigenvalue weighted by Crippen LogP contribution is -2.38. The average molecular weight is 742 g/mol. The maximum Gasteiger partial charge on any atom is 0.140 e. The van der Waals surface area contributed by atoms with E-state index < -0.39 is 5.41 Å². The highest BCUT2D eigenvalue weighted by atomic mass is 15.2. The number of benzene rings is 7. The van der Waals surface area contributed by atoms with Crippen LogP contribution in [0.15, 0.2) is 213 Å². The first-order chi connectivity index (χ1) is 28.8. The van der Waals surface area contributed by atoms with Crippen LogP contribution in [0.25, 0.3) is 55.1 Å². The number of para-hydroxylation sites is 4. The molecule has 12 rings (SSSR count). The third-order valence-electron chi connectivity index (χ3n) is 12.1. The van der Waals surface area contributed by atoms with Crippen molar-refractivity contribution in [2.45, 2.75) is 5.41 Å². The van der Waals surface area contributed by atoms with Crippen LogP contribution in [0.1, 0.15) is 22.3 Å². The molecule has 0 saturated heterocycles.